The van der Waals surface area contributed by atoms with Gasteiger partial charge < -0.3 is 19.0 Å². The molecule has 0 N–H and O–H groups in total. The Kier molecular flexibility index (Phi) is 8.04. The lowest BCUT2D eigenvalue weighted by Gasteiger charge is -2.10. The summed E-state index contributed by atoms with van der Waals surface area (Å²) in [7, 11) is 1.41. The first kappa shape index (κ1) is 21.8. The molecule has 0 amide bonds. The Labute approximate surface area is 171 Å². The number of rotatable bonds is 9. The van der Waals surface area contributed by atoms with Gasteiger partial charge in [0.1, 0.15) is 13.2 Å². The van der Waals surface area contributed by atoms with Crippen LogP contribution in [0.1, 0.15) is 15.9 Å². The zero-order valence-electron chi connectivity index (χ0n) is 15.3. The Morgan fingerprint density at radius 3 is 2.62 bits per heavy atom. The maximum Gasteiger partial charge on any atom is 0.343 e. The van der Waals surface area contributed by atoms with Crippen LogP contribution in [-0.4, -0.2) is 37.3 Å². The molecule has 0 aliphatic carbocycles. The number of hydrogen-bond acceptors (Lipinski definition) is 9. The predicted molar refractivity (Wildman–Crippen MR) is 105 cm³/mol. The summed E-state index contributed by atoms with van der Waals surface area (Å²) in [6.45, 7) is -0.605. The van der Waals surface area contributed by atoms with Crippen molar-refractivity contribution in [2.45, 2.75) is 4.90 Å². The highest BCUT2D eigenvalue weighted by Gasteiger charge is 2.13. The number of hydrogen-bond donors (Lipinski definition) is 1. The predicted octanol–water partition coefficient (Wildman–Crippen LogP) is 2.97. The molecule has 0 heterocycles. The summed E-state index contributed by atoms with van der Waals surface area (Å²) in [4.78, 5) is 38.5. The van der Waals surface area contributed by atoms with Gasteiger partial charge in [0.25, 0.3) is 5.09 Å². The van der Waals surface area contributed by atoms with E-state index in [1.807, 2.05) is 0 Å². The van der Waals surface area contributed by atoms with E-state index in [0.717, 1.165) is 6.08 Å². The average Bonchev–Trinajstić information content (AvgIpc) is 2.70. The van der Waals surface area contributed by atoms with Crippen LogP contribution >= 0.6 is 12.6 Å². The number of ether oxygens (including phenoxy) is 3. The van der Waals surface area contributed by atoms with Crippen molar-refractivity contribution in [3.63, 3.8) is 0 Å². The van der Waals surface area contributed by atoms with Gasteiger partial charge in [-0.05, 0) is 42.0 Å². The molecule has 2 aromatic rings. The number of nitrogens with zero attached hydrogens (tertiary/aromatic N) is 1. The van der Waals surface area contributed by atoms with E-state index in [9.17, 15) is 19.7 Å². The first-order chi connectivity index (χ1) is 13.9. The lowest BCUT2D eigenvalue weighted by atomic mass is 10.2. The summed E-state index contributed by atoms with van der Waals surface area (Å²) in [5.41, 5.74) is 0.921. The molecular weight excluding hydrogens is 402 g/mol. The van der Waals surface area contributed by atoms with Crippen molar-refractivity contribution in [3.8, 4) is 11.5 Å². The number of thiol groups is 1. The number of carbonyl (C=O) groups excluding carboxylic acids is 2. The minimum absolute atomic E-state index is 0.207. The summed E-state index contributed by atoms with van der Waals surface area (Å²) < 4.78 is 15.3. The van der Waals surface area contributed by atoms with Gasteiger partial charge >= 0.3 is 11.9 Å². The van der Waals surface area contributed by atoms with Gasteiger partial charge in [-0.25, -0.2) is 9.59 Å². The first-order valence-electron chi connectivity index (χ1n) is 8.20. The Bertz CT molecular complexity index is 928. The monoisotopic (exact) mass is 419 g/mol. The summed E-state index contributed by atoms with van der Waals surface area (Å²) in [6.07, 6.45) is 2.60. The molecule has 0 fully saturated rings. The van der Waals surface area contributed by atoms with Crippen LogP contribution in [0.3, 0.4) is 0 Å². The molecule has 2 aromatic carbocycles. The third-order valence-corrected chi connectivity index (χ3v) is 3.69. The van der Waals surface area contributed by atoms with Crippen LogP contribution in [0.4, 0.5) is 0 Å². The van der Waals surface area contributed by atoms with Crippen molar-refractivity contribution in [2.24, 2.45) is 0 Å². The summed E-state index contributed by atoms with van der Waals surface area (Å²) in [5.74, 6) is -0.768. The van der Waals surface area contributed by atoms with E-state index in [-0.39, 0.29) is 24.7 Å². The first-order valence-corrected chi connectivity index (χ1v) is 8.65. The average molecular weight is 419 g/mol. The minimum Gasteiger partial charge on any atom is -0.493 e. The van der Waals surface area contributed by atoms with Crippen LogP contribution in [0.25, 0.3) is 6.08 Å². The smallest absolute Gasteiger partial charge is 0.343 e. The fourth-order valence-electron chi connectivity index (χ4n) is 2.13. The summed E-state index contributed by atoms with van der Waals surface area (Å²) >= 11 is 4.19. The SMILES string of the molecule is COc1cc(/C=C/C(=O)OCCO[N+](=O)[O-])ccc1OC(=O)c1cccc(S)c1. The van der Waals surface area contributed by atoms with Crippen LogP contribution in [0.15, 0.2) is 53.4 Å². The van der Waals surface area contributed by atoms with E-state index in [1.54, 1.807) is 36.4 Å². The molecule has 0 saturated carbocycles. The Morgan fingerprint density at radius 1 is 1.14 bits per heavy atom. The van der Waals surface area contributed by atoms with Gasteiger partial charge in [-0.15, -0.1) is 22.7 Å². The van der Waals surface area contributed by atoms with Crippen LogP contribution in [0, 0.1) is 10.1 Å². The van der Waals surface area contributed by atoms with E-state index in [2.05, 4.69) is 17.5 Å². The molecular formula is C19H17NO8S. The van der Waals surface area contributed by atoms with Crippen molar-refractivity contribution in [2.75, 3.05) is 20.3 Å². The molecule has 0 bridgehead atoms. The van der Waals surface area contributed by atoms with E-state index >= 15 is 0 Å². The fraction of sp³-hybridized carbons (Fsp3) is 0.158. The third kappa shape index (κ3) is 7.18. The Morgan fingerprint density at radius 2 is 1.93 bits per heavy atom. The second kappa shape index (κ2) is 10.7. The highest BCUT2D eigenvalue weighted by molar-refractivity contribution is 7.80. The van der Waals surface area contributed by atoms with Crippen molar-refractivity contribution in [1.29, 1.82) is 0 Å². The number of benzene rings is 2. The van der Waals surface area contributed by atoms with Crippen LogP contribution in [0.5, 0.6) is 11.5 Å². The molecule has 29 heavy (non-hydrogen) atoms. The zero-order valence-corrected chi connectivity index (χ0v) is 16.2. The van der Waals surface area contributed by atoms with Crippen molar-refractivity contribution < 1.29 is 33.7 Å². The van der Waals surface area contributed by atoms with Gasteiger partial charge in [-0.3, -0.25) is 0 Å². The molecule has 9 nitrogen and oxygen atoms in total. The number of esters is 2. The van der Waals surface area contributed by atoms with Gasteiger partial charge in [0.2, 0.25) is 0 Å². The van der Waals surface area contributed by atoms with Crippen LogP contribution in [-0.2, 0) is 14.4 Å². The summed E-state index contributed by atoms with van der Waals surface area (Å²) in [5, 5.41) is 9.01. The number of methoxy groups -OCH3 is 1. The maximum absolute atomic E-state index is 12.3. The topological polar surface area (TPSA) is 114 Å². The Balaban J connectivity index is 1.99. The van der Waals surface area contributed by atoms with E-state index < -0.39 is 17.0 Å². The largest absolute Gasteiger partial charge is 0.493 e. The van der Waals surface area contributed by atoms with Gasteiger partial charge in [-0.2, -0.15) is 0 Å². The van der Waals surface area contributed by atoms with Gasteiger partial charge in [0.15, 0.2) is 11.5 Å². The highest BCUT2D eigenvalue weighted by atomic mass is 32.1. The second-order valence-electron chi connectivity index (χ2n) is 5.41. The van der Waals surface area contributed by atoms with Crippen molar-refractivity contribution >= 4 is 30.6 Å². The van der Waals surface area contributed by atoms with Crippen molar-refractivity contribution in [3.05, 3.63) is 69.8 Å². The molecule has 0 spiro atoms. The molecule has 152 valence electrons. The molecule has 2 rings (SSSR count). The third-order valence-electron chi connectivity index (χ3n) is 3.41. The number of carbonyl (C=O) groups is 2. The maximum atomic E-state index is 12.3. The standard InChI is InChI=1S/C19H17NO8S/c1-25-17-11-13(6-8-18(21)26-9-10-27-20(23)24)5-7-16(17)28-19(22)14-3-2-4-15(29)12-14/h2-8,11-12,29H,9-10H2,1H3/b8-6+. The van der Waals surface area contributed by atoms with E-state index in [0.29, 0.717) is 16.0 Å². The molecule has 0 saturated heterocycles. The quantitative estimate of drug-likeness (QED) is 0.125. The van der Waals surface area contributed by atoms with Crippen molar-refractivity contribution in [1.82, 2.24) is 0 Å². The molecule has 10 heteroatoms. The van der Waals surface area contributed by atoms with Gasteiger partial charge in [0, 0.05) is 11.0 Å². The van der Waals surface area contributed by atoms with E-state index in [4.69, 9.17) is 14.2 Å². The molecule has 0 aliphatic rings. The fourth-order valence-corrected chi connectivity index (χ4v) is 2.36. The highest BCUT2D eigenvalue weighted by Crippen LogP contribution is 2.29. The Hall–Kier alpha value is -3.53. The zero-order chi connectivity index (χ0) is 21.2. The van der Waals surface area contributed by atoms with Gasteiger partial charge in [-0.1, -0.05) is 12.1 Å². The van der Waals surface area contributed by atoms with Crippen LogP contribution < -0.4 is 9.47 Å². The van der Waals surface area contributed by atoms with Crippen LogP contribution in [0.2, 0.25) is 0 Å². The lowest BCUT2D eigenvalue weighted by Crippen LogP contribution is -2.11. The summed E-state index contributed by atoms with van der Waals surface area (Å²) in [6, 6.07) is 11.3. The molecule has 0 aliphatic heterocycles. The molecule has 0 aromatic heterocycles. The van der Waals surface area contributed by atoms with Gasteiger partial charge in [0.05, 0.1) is 12.7 Å². The molecule has 0 radical (unpaired) electrons. The second-order valence-corrected chi connectivity index (χ2v) is 5.92. The molecule has 0 unspecified atom stereocenters. The normalized spacial score (nSPS) is 10.4. The molecule has 0 atom stereocenters. The van der Waals surface area contributed by atoms with E-state index in [1.165, 1.54) is 19.3 Å². The lowest BCUT2D eigenvalue weighted by molar-refractivity contribution is -0.757. The minimum atomic E-state index is -0.973.